The fourth-order valence-electron chi connectivity index (χ4n) is 2.57. The number of carbonyl (C=O) groups is 1. The van der Waals surface area contributed by atoms with Gasteiger partial charge in [-0.15, -0.1) is 0 Å². The summed E-state index contributed by atoms with van der Waals surface area (Å²) < 4.78 is 11.2. The average Bonchev–Trinajstić information content (AvgIpc) is 3.39. The highest BCUT2D eigenvalue weighted by Crippen LogP contribution is 2.43. The Morgan fingerprint density at radius 3 is 2.58 bits per heavy atom. The first-order chi connectivity index (χ1) is 12.6. The third-order valence-electron chi connectivity index (χ3n) is 3.97. The Hall–Kier alpha value is -2.48. The van der Waals surface area contributed by atoms with E-state index in [2.05, 4.69) is 0 Å². The lowest BCUT2D eigenvalue weighted by Gasteiger charge is -2.13. The van der Waals surface area contributed by atoms with Crippen molar-refractivity contribution in [2.45, 2.75) is 12.5 Å². The van der Waals surface area contributed by atoms with Gasteiger partial charge in [-0.25, -0.2) is 0 Å². The zero-order chi connectivity index (χ0) is 18.5. The molecule has 2 aromatic carbocycles. The number of nitriles is 1. The van der Waals surface area contributed by atoms with Crippen molar-refractivity contribution in [2.75, 3.05) is 0 Å². The predicted molar refractivity (Wildman–Crippen MR) is 98.8 cm³/mol. The molecule has 1 saturated carbocycles. The summed E-state index contributed by atoms with van der Waals surface area (Å²) in [4.78, 5) is 12.2. The number of benzene rings is 2. The average molecular weight is 388 g/mol. The van der Waals surface area contributed by atoms with Crippen molar-refractivity contribution >= 4 is 29.2 Å². The van der Waals surface area contributed by atoms with E-state index in [0.717, 1.165) is 0 Å². The topological polar surface area (TPSA) is 59.3 Å². The van der Waals surface area contributed by atoms with Gasteiger partial charge in [0.05, 0.1) is 5.92 Å². The second kappa shape index (κ2) is 8.27. The van der Waals surface area contributed by atoms with Crippen LogP contribution in [0.25, 0.3) is 0 Å². The fourth-order valence-corrected chi connectivity index (χ4v) is 2.89. The van der Waals surface area contributed by atoms with Gasteiger partial charge in [-0.1, -0.05) is 59.6 Å². The van der Waals surface area contributed by atoms with Crippen LogP contribution in [0.1, 0.15) is 18.1 Å². The zero-order valence-corrected chi connectivity index (χ0v) is 15.2. The summed E-state index contributed by atoms with van der Waals surface area (Å²) in [7, 11) is 0. The van der Waals surface area contributed by atoms with Crippen LogP contribution in [-0.4, -0.2) is 5.97 Å². The summed E-state index contributed by atoms with van der Waals surface area (Å²) in [6.45, 7) is 0. The maximum absolute atomic E-state index is 12.2. The summed E-state index contributed by atoms with van der Waals surface area (Å²) in [5, 5.41) is 9.40. The number of esters is 1. The maximum atomic E-state index is 12.2. The van der Waals surface area contributed by atoms with E-state index in [-0.39, 0.29) is 16.3 Å². The first kappa shape index (κ1) is 18.3. The van der Waals surface area contributed by atoms with Crippen molar-refractivity contribution in [3.05, 3.63) is 70.7 Å². The summed E-state index contributed by atoms with van der Waals surface area (Å²) in [6.07, 6.45) is 1.24. The highest BCUT2D eigenvalue weighted by atomic mass is 35.5. The molecular formula is C20H15Cl2NO3. The second-order valence-corrected chi connectivity index (χ2v) is 6.90. The Morgan fingerprint density at radius 1 is 1.15 bits per heavy atom. The molecule has 0 heterocycles. The number of ether oxygens (including phenoxy) is 2. The van der Waals surface area contributed by atoms with E-state index in [0.29, 0.717) is 23.5 Å². The Morgan fingerprint density at radius 2 is 1.88 bits per heavy atom. The first-order valence-electron chi connectivity index (χ1n) is 8.02. The van der Waals surface area contributed by atoms with Gasteiger partial charge in [0, 0.05) is 5.56 Å². The Kier molecular flexibility index (Phi) is 5.82. The van der Waals surface area contributed by atoms with Crippen LogP contribution in [0.2, 0.25) is 0 Å². The molecule has 0 amide bonds. The number of carbonyl (C=O) groups excluding carboxylic acids is 1. The molecular weight excluding hydrogens is 373 g/mol. The van der Waals surface area contributed by atoms with Crippen LogP contribution >= 0.6 is 23.2 Å². The Labute approximate surface area is 161 Å². The van der Waals surface area contributed by atoms with Crippen molar-refractivity contribution in [3.63, 3.8) is 0 Å². The van der Waals surface area contributed by atoms with Crippen LogP contribution in [0.15, 0.2) is 65.2 Å². The van der Waals surface area contributed by atoms with E-state index in [1.807, 2.05) is 36.4 Å². The molecule has 0 saturated heterocycles. The van der Waals surface area contributed by atoms with E-state index in [4.69, 9.17) is 32.7 Å². The number of rotatable bonds is 6. The van der Waals surface area contributed by atoms with Crippen molar-refractivity contribution in [2.24, 2.45) is 11.8 Å². The highest BCUT2D eigenvalue weighted by molar-refractivity contribution is 6.55. The molecule has 1 aliphatic rings. The molecule has 0 bridgehead atoms. The number of para-hydroxylation sites is 1. The third-order valence-corrected chi connectivity index (χ3v) is 4.23. The lowest BCUT2D eigenvalue weighted by atomic mass is 10.1. The maximum Gasteiger partial charge on any atom is 0.311 e. The van der Waals surface area contributed by atoms with Gasteiger partial charge in [0.25, 0.3) is 0 Å². The summed E-state index contributed by atoms with van der Waals surface area (Å²) in [5.41, 5.74) is 0.553. The van der Waals surface area contributed by atoms with Crippen molar-refractivity contribution in [1.82, 2.24) is 0 Å². The van der Waals surface area contributed by atoms with Gasteiger partial charge in [0.2, 0.25) is 6.10 Å². The summed E-state index contributed by atoms with van der Waals surface area (Å²) in [5.74, 6) is 0.482. The predicted octanol–water partition coefficient (Wildman–Crippen LogP) is 5.54. The van der Waals surface area contributed by atoms with Crippen LogP contribution in [-0.2, 0) is 9.53 Å². The number of hydrogen-bond acceptors (Lipinski definition) is 4. The minimum Gasteiger partial charge on any atom is -0.457 e. The molecule has 4 nitrogen and oxygen atoms in total. The molecule has 3 atom stereocenters. The summed E-state index contributed by atoms with van der Waals surface area (Å²) >= 11 is 11.2. The molecule has 0 radical (unpaired) electrons. The minimum atomic E-state index is -1.00. The molecule has 1 aliphatic carbocycles. The Balaban J connectivity index is 1.67. The quantitative estimate of drug-likeness (QED) is 0.610. The SMILES string of the molecule is N#C[C@@H](OC(=O)[C@H]1C[C@H]1C=C(Cl)Cl)c1cccc(Oc2ccccc2)c1. The molecule has 26 heavy (non-hydrogen) atoms. The monoisotopic (exact) mass is 387 g/mol. The Bertz CT molecular complexity index is 857. The fraction of sp³-hybridized carbons (Fsp3) is 0.200. The summed E-state index contributed by atoms with van der Waals surface area (Å²) in [6, 6.07) is 18.2. The molecule has 1 fully saturated rings. The van der Waals surface area contributed by atoms with E-state index in [9.17, 15) is 10.1 Å². The molecule has 0 aromatic heterocycles. The molecule has 0 unspecified atom stereocenters. The molecule has 3 rings (SSSR count). The van der Waals surface area contributed by atoms with Crippen molar-refractivity contribution < 1.29 is 14.3 Å². The molecule has 0 aliphatic heterocycles. The second-order valence-electron chi connectivity index (χ2n) is 5.90. The molecule has 0 spiro atoms. The van der Waals surface area contributed by atoms with Crippen LogP contribution in [0.5, 0.6) is 11.5 Å². The van der Waals surface area contributed by atoms with Gasteiger partial charge in [0.1, 0.15) is 22.1 Å². The number of nitrogens with zero attached hydrogens (tertiary/aromatic N) is 1. The van der Waals surface area contributed by atoms with Gasteiger partial charge in [-0.05, 0) is 36.6 Å². The highest BCUT2D eigenvalue weighted by Gasteiger charge is 2.43. The van der Waals surface area contributed by atoms with Crippen molar-refractivity contribution in [3.8, 4) is 17.6 Å². The third kappa shape index (κ3) is 4.78. The van der Waals surface area contributed by atoms with Crippen LogP contribution in [0.3, 0.4) is 0 Å². The van der Waals surface area contributed by atoms with E-state index >= 15 is 0 Å². The number of halogens is 2. The van der Waals surface area contributed by atoms with E-state index in [1.54, 1.807) is 30.3 Å². The largest absolute Gasteiger partial charge is 0.457 e. The van der Waals surface area contributed by atoms with Crippen molar-refractivity contribution in [1.29, 1.82) is 5.26 Å². The number of hydrogen-bond donors (Lipinski definition) is 0. The first-order valence-corrected chi connectivity index (χ1v) is 8.78. The van der Waals surface area contributed by atoms with E-state index in [1.165, 1.54) is 0 Å². The smallest absolute Gasteiger partial charge is 0.311 e. The molecule has 6 heteroatoms. The van der Waals surface area contributed by atoms with Gasteiger partial charge in [0.15, 0.2) is 0 Å². The van der Waals surface area contributed by atoms with Gasteiger partial charge in [-0.3, -0.25) is 4.79 Å². The molecule has 132 valence electrons. The molecule has 0 N–H and O–H groups in total. The van der Waals surface area contributed by atoms with Gasteiger partial charge in [-0.2, -0.15) is 5.26 Å². The van der Waals surface area contributed by atoms with Gasteiger partial charge >= 0.3 is 5.97 Å². The van der Waals surface area contributed by atoms with E-state index < -0.39 is 12.1 Å². The zero-order valence-electron chi connectivity index (χ0n) is 13.6. The normalized spacial score (nSPS) is 19.0. The van der Waals surface area contributed by atoms with Crippen LogP contribution < -0.4 is 4.74 Å². The van der Waals surface area contributed by atoms with Gasteiger partial charge < -0.3 is 9.47 Å². The number of allylic oxidation sites excluding steroid dienone is 1. The lowest BCUT2D eigenvalue weighted by molar-refractivity contribution is -0.148. The lowest BCUT2D eigenvalue weighted by Crippen LogP contribution is -2.12. The minimum absolute atomic E-state index is 0.0282. The standard InChI is InChI=1S/C20H15Cl2NO3/c21-19(22)11-14-10-17(14)20(24)26-18(12-23)13-5-4-8-16(9-13)25-15-6-2-1-3-7-15/h1-9,11,14,17-18H,10H2/t14-,17-,18+/m0/s1. The van der Waals surface area contributed by atoms with Crippen LogP contribution in [0, 0.1) is 23.2 Å². The van der Waals surface area contributed by atoms with Crippen LogP contribution in [0.4, 0.5) is 0 Å². The molecule has 2 aromatic rings.